The van der Waals surface area contributed by atoms with E-state index in [9.17, 15) is 9.59 Å². The van der Waals surface area contributed by atoms with E-state index >= 15 is 0 Å². The van der Waals surface area contributed by atoms with E-state index in [-0.39, 0.29) is 11.8 Å². The maximum absolute atomic E-state index is 12.3. The molecule has 2 aromatic rings. The average molecular weight is 344 g/mol. The number of aromatic nitrogens is 3. The van der Waals surface area contributed by atoms with Crippen LogP contribution in [-0.2, 0) is 17.9 Å². The molecule has 134 valence electrons. The van der Waals surface area contributed by atoms with Crippen molar-refractivity contribution in [1.29, 1.82) is 0 Å². The fourth-order valence-electron chi connectivity index (χ4n) is 2.45. The zero-order valence-electron chi connectivity index (χ0n) is 14.5. The summed E-state index contributed by atoms with van der Waals surface area (Å²) < 4.78 is 1.74. The van der Waals surface area contributed by atoms with Gasteiger partial charge in [0.2, 0.25) is 5.91 Å². The van der Waals surface area contributed by atoms with E-state index in [1.54, 1.807) is 11.0 Å². The molecule has 0 spiro atoms. The van der Waals surface area contributed by atoms with Crippen LogP contribution in [0, 0.1) is 5.92 Å². The number of hydrogen-bond acceptors (Lipinski definition) is 4. The fraction of sp³-hybridized carbons (Fsp3) is 0.412. The van der Waals surface area contributed by atoms with Crippen LogP contribution in [0.15, 0.2) is 36.9 Å². The van der Waals surface area contributed by atoms with E-state index in [4.69, 9.17) is 5.73 Å². The van der Waals surface area contributed by atoms with Gasteiger partial charge in [-0.2, -0.15) is 5.10 Å². The second-order valence-electron chi connectivity index (χ2n) is 6.32. The Morgan fingerprint density at radius 1 is 1.20 bits per heavy atom. The van der Waals surface area contributed by atoms with Crippen molar-refractivity contribution < 1.29 is 9.59 Å². The largest absolute Gasteiger partial charge is 0.352 e. The van der Waals surface area contributed by atoms with E-state index in [2.05, 4.69) is 20.7 Å². The lowest BCUT2D eigenvalue weighted by molar-refractivity contribution is -0.123. The van der Waals surface area contributed by atoms with Gasteiger partial charge in [-0.25, -0.2) is 14.5 Å². The minimum absolute atomic E-state index is 0.237. The van der Waals surface area contributed by atoms with Crippen molar-refractivity contribution in [3.8, 4) is 0 Å². The van der Waals surface area contributed by atoms with Crippen LogP contribution in [0.1, 0.15) is 31.4 Å². The number of nitrogens with two attached hydrogens (primary N) is 1. The van der Waals surface area contributed by atoms with Crippen LogP contribution in [0.4, 0.5) is 4.79 Å². The van der Waals surface area contributed by atoms with Crippen molar-refractivity contribution in [1.82, 2.24) is 25.4 Å². The van der Waals surface area contributed by atoms with Crippen LogP contribution in [-0.4, -0.2) is 32.7 Å². The van der Waals surface area contributed by atoms with Crippen LogP contribution in [0.25, 0.3) is 0 Å². The SMILES string of the molecule is CC(C)CC(NC(N)=O)C(=O)NCc1ccc(Cn2cncn2)cc1. The Bertz CT molecular complexity index is 682. The Balaban J connectivity index is 1.88. The Kier molecular flexibility index (Phi) is 6.50. The molecule has 8 heteroatoms. The molecule has 3 amide bonds. The Labute approximate surface area is 146 Å². The van der Waals surface area contributed by atoms with Gasteiger partial charge in [-0.05, 0) is 23.5 Å². The highest BCUT2D eigenvalue weighted by atomic mass is 16.2. The summed E-state index contributed by atoms with van der Waals surface area (Å²) in [4.78, 5) is 27.2. The number of carbonyl (C=O) groups excluding carboxylic acids is 2. The molecule has 1 atom stereocenters. The molecule has 1 aromatic heterocycles. The van der Waals surface area contributed by atoms with Crippen LogP contribution < -0.4 is 16.4 Å². The van der Waals surface area contributed by atoms with Crippen LogP contribution >= 0.6 is 0 Å². The van der Waals surface area contributed by atoms with Crippen LogP contribution in [0.5, 0.6) is 0 Å². The van der Waals surface area contributed by atoms with Crippen molar-refractivity contribution in [2.24, 2.45) is 11.7 Å². The predicted molar refractivity (Wildman–Crippen MR) is 93.4 cm³/mol. The molecule has 0 aliphatic heterocycles. The maximum atomic E-state index is 12.3. The van der Waals surface area contributed by atoms with Crippen LogP contribution in [0.3, 0.4) is 0 Å². The molecule has 0 bridgehead atoms. The Morgan fingerprint density at radius 2 is 1.88 bits per heavy atom. The van der Waals surface area contributed by atoms with Gasteiger partial charge in [0.05, 0.1) is 6.54 Å². The van der Waals surface area contributed by atoms with E-state index < -0.39 is 12.1 Å². The molecule has 25 heavy (non-hydrogen) atoms. The third kappa shape index (κ3) is 6.25. The first kappa shape index (κ1) is 18.4. The number of amides is 3. The third-order valence-electron chi connectivity index (χ3n) is 3.64. The van der Waals surface area contributed by atoms with Gasteiger partial charge in [-0.3, -0.25) is 4.79 Å². The highest BCUT2D eigenvalue weighted by Gasteiger charge is 2.20. The molecule has 8 nitrogen and oxygen atoms in total. The highest BCUT2D eigenvalue weighted by Crippen LogP contribution is 2.08. The van der Waals surface area contributed by atoms with Gasteiger partial charge in [-0.15, -0.1) is 0 Å². The van der Waals surface area contributed by atoms with E-state index in [1.807, 2.05) is 38.1 Å². The van der Waals surface area contributed by atoms with E-state index in [1.165, 1.54) is 6.33 Å². The van der Waals surface area contributed by atoms with Gasteiger partial charge in [0.1, 0.15) is 18.7 Å². The van der Waals surface area contributed by atoms with Crippen molar-refractivity contribution in [3.05, 3.63) is 48.0 Å². The summed E-state index contributed by atoms with van der Waals surface area (Å²) in [5.41, 5.74) is 7.21. The Morgan fingerprint density at radius 3 is 2.44 bits per heavy atom. The first-order valence-corrected chi connectivity index (χ1v) is 8.18. The summed E-state index contributed by atoms with van der Waals surface area (Å²) in [6.45, 7) is 5.00. The third-order valence-corrected chi connectivity index (χ3v) is 3.64. The lowest BCUT2D eigenvalue weighted by atomic mass is 10.0. The quantitative estimate of drug-likeness (QED) is 0.663. The summed E-state index contributed by atoms with van der Waals surface area (Å²) in [6.07, 6.45) is 3.69. The van der Waals surface area contributed by atoms with Crippen molar-refractivity contribution in [2.75, 3.05) is 0 Å². The number of carbonyl (C=O) groups is 2. The molecule has 0 fully saturated rings. The standard InChI is InChI=1S/C17H24N6O2/c1-12(2)7-15(22-17(18)25)16(24)20-8-13-3-5-14(6-4-13)9-23-11-19-10-21-23/h3-6,10-12,15H,7-9H2,1-2H3,(H,20,24)(H3,18,22,25). The van der Waals surface area contributed by atoms with Gasteiger partial charge in [0, 0.05) is 6.54 Å². The molecule has 2 rings (SSSR count). The molecule has 1 unspecified atom stereocenters. The van der Waals surface area contributed by atoms with Gasteiger partial charge in [0.25, 0.3) is 0 Å². The molecule has 0 saturated carbocycles. The minimum Gasteiger partial charge on any atom is -0.352 e. The lowest BCUT2D eigenvalue weighted by Crippen LogP contribution is -2.49. The van der Waals surface area contributed by atoms with Crippen molar-refractivity contribution in [2.45, 2.75) is 39.4 Å². The summed E-state index contributed by atoms with van der Waals surface area (Å²) in [5, 5.41) is 9.39. The molecule has 0 radical (unpaired) electrons. The van der Waals surface area contributed by atoms with E-state index in [0.29, 0.717) is 19.5 Å². The van der Waals surface area contributed by atoms with Gasteiger partial charge in [-0.1, -0.05) is 38.1 Å². The van der Waals surface area contributed by atoms with Gasteiger partial charge in [0.15, 0.2) is 0 Å². The summed E-state index contributed by atoms with van der Waals surface area (Å²) in [7, 11) is 0. The first-order chi connectivity index (χ1) is 11.9. The highest BCUT2D eigenvalue weighted by molar-refractivity contribution is 5.86. The molecule has 0 aliphatic rings. The predicted octanol–water partition coefficient (Wildman–Crippen LogP) is 1.03. The molecule has 0 aliphatic carbocycles. The number of nitrogens with zero attached hydrogens (tertiary/aromatic N) is 3. The van der Waals surface area contributed by atoms with Gasteiger partial charge >= 0.3 is 6.03 Å². The summed E-state index contributed by atoms with van der Waals surface area (Å²) >= 11 is 0. The van der Waals surface area contributed by atoms with Crippen molar-refractivity contribution >= 4 is 11.9 Å². The number of primary amides is 1. The summed E-state index contributed by atoms with van der Waals surface area (Å²) in [5.74, 6) is 0.0258. The van der Waals surface area contributed by atoms with Crippen molar-refractivity contribution in [3.63, 3.8) is 0 Å². The van der Waals surface area contributed by atoms with E-state index in [0.717, 1.165) is 11.1 Å². The number of urea groups is 1. The Hall–Kier alpha value is -2.90. The number of hydrogen-bond donors (Lipinski definition) is 3. The molecular formula is C17H24N6O2. The topological polar surface area (TPSA) is 115 Å². The number of benzene rings is 1. The zero-order chi connectivity index (χ0) is 18.2. The number of nitrogens with one attached hydrogen (secondary N) is 2. The molecule has 4 N–H and O–H groups in total. The average Bonchev–Trinajstić information content (AvgIpc) is 3.05. The fourth-order valence-corrected chi connectivity index (χ4v) is 2.45. The first-order valence-electron chi connectivity index (χ1n) is 8.18. The second-order valence-corrected chi connectivity index (χ2v) is 6.32. The van der Waals surface area contributed by atoms with Gasteiger partial charge < -0.3 is 16.4 Å². The smallest absolute Gasteiger partial charge is 0.312 e. The molecule has 1 aromatic carbocycles. The minimum atomic E-state index is -0.696. The monoisotopic (exact) mass is 344 g/mol. The lowest BCUT2D eigenvalue weighted by Gasteiger charge is -2.19. The number of rotatable bonds is 8. The second kappa shape index (κ2) is 8.81. The van der Waals surface area contributed by atoms with Crippen LogP contribution in [0.2, 0.25) is 0 Å². The molecule has 1 heterocycles. The normalized spacial score (nSPS) is 12.0. The maximum Gasteiger partial charge on any atom is 0.312 e. The molecular weight excluding hydrogens is 320 g/mol. The summed E-state index contributed by atoms with van der Waals surface area (Å²) in [6, 6.07) is 6.55. The zero-order valence-corrected chi connectivity index (χ0v) is 14.5. The molecule has 0 saturated heterocycles.